The number of para-hydroxylation sites is 1. The van der Waals surface area contributed by atoms with Crippen molar-refractivity contribution in [2.45, 2.75) is 19.1 Å². The predicted octanol–water partition coefficient (Wildman–Crippen LogP) is 6.77. The maximum atomic E-state index is 6.10. The first-order valence-corrected chi connectivity index (χ1v) is 11.7. The quantitative estimate of drug-likeness (QED) is 0.302. The molecule has 2 N–H and O–H groups in total. The number of H-pyrrole nitrogens is 1. The normalized spacial score (nSPS) is 15.1. The Morgan fingerprint density at radius 3 is 2.38 bits per heavy atom. The molecule has 0 bridgehead atoms. The third-order valence-corrected chi connectivity index (χ3v) is 6.34. The fraction of sp³-hybridized carbons (Fsp3) is 0.133. The number of benzene rings is 4. The average molecular weight is 447 g/mol. The molecule has 1 aliphatic heterocycles. The zero-order valence-electron chi connectivity index (χ0n) is 18.8. The van der Waals surface area contributed by atoms with E-state index in [1.165, 1.54) is 27.8 Å². The van der Waals surface area contributed by atoms with E-state index in [1.807, 2.05) is 60.7 Å². The molecule has 0 saturated carbocycles. The average Bonchev–Trinajstić information content (AvgIpc) is 3.27. The van der Waals surface area contributed by atoms with Crippen LogP contribution in [0.1, 0.15) is 28.4 Å². The van der Waals surface area contributed by atoms with Crippen LogP contribution in [0, 0.1) is 0 Å². The van der Waals surface area contributed by atoms with Gasteiger partial charge in [-0.15, -0.1) is 0 Å². The van der Waals surface area contributed by atoms with Gasteiger partial charge in [-0.2, -0.15) is 0 Å². The summed E-state index contributed by atoms with van der Waals surface area (Å²) in [5, 5.41) is 4.93. The molecule has 34 heavy (non-hydrogen) atoms. The van der Waals surface area contributed by atoms with E-state index in [4.69, 9.17) is 9.47 Å². The highest BCUT2D eigenvalue weighted by Crippen LogP contribution is 2.36. The van der Waals surface area contributed by atoms with E-state index >= 15 is 0 Å². The summed E-state index contributed by atoms with van der Waals surface area (Å²) in [7, 11) is 0. The zero-order chi connectivity index (χ0) is 22.7. The van der Waals surface area contributed by atoms with Gasteiger partial charge in [0, 0.05) is 23.1 Å². The third-order valence-electron chi connectivity index (χ3n) is 6.34. The van der Waals surface area contributed by atoms with Crippen molar-refractivity contribution in [2.75, 3.05) is 6.54 Å². The van der Waals surface area contributed by atoms with Gasteiger partial charge >= 0.3 is 0 Å². The Balaban J connectivity index is 1.28. The van der Waals surface area contributed by atoms with Crippen LogP contribution in [0.4, 0.5) is 0 Å². The Morgan fingerprint density at radius 1 is 0.735 bits per heavy atom. The summed E-state index contributed by atoms with van der Waals surface area (Å²) in [5.41, 5.74) is 6.07. The minimum absolute atomic E-state index is 0.0872. The van der Waals surface area contributed by atoms with Crippen molar-refractivity contribution in [1.29, 1.82) is 0 Å². The van der Waals surface area contributed by atoms with E-state index in [0.717, 1.165) is 35.7 Å². The van der Waals surface area contributed by atoms with Gasteiger partial charge in [-0.05, 0) is 65.6 Å². The van der Waals surface area contributed by atoms with Crippen LogP contribution in [0.25, 0.3) is 10.9 Å². The molecule has 1 aliphatic rings. The number of nitrogens with one attached hydrogen (secondary N) is 2. The van der Waals surface area contributed by atoms with Crippen molar-refractivity contribution in [1.82, 2.24) is 10.3 Å². The Morgan fingerprint density at radius 2 is 1.53 bits per heavy atom. The lowest BCUT2D eigenvalue weighted by molar-refractivity contribution is 0.306. The van der Waals surface area contributed by atoms with Gasteiger partial charge < -0.3 is 19.8 Å². The summed E-state index contributed by atoms with van der Waals surface area (Å²) < 4.78 is 12.2. The lowest BCUT2D eigenvalue weighted by atomic mass is 9.94. The molecule has 168 valence electrons. The molecule has 2 heterocycles. The lowest BCUT2D eigenvalue weighted by Gasteiger charge is -2.25. The van der Waals surface area contributed by atoms with E-state index in [2.05, 4.69) is 52.8 Å². The fourth-order valence-electron chi connectivity index (χ4n) is 4.70. The van der Waals surface area contributed by atoms with Gasteiger partial charge in [0.15, 0.2) is 0 Å². The highest BCUT2D eigenvalue weighted by molar-refractivity contribution is 5.86. The van der Waals surface area contributed by atoms with Gasteiger partial charge in [-0.25, -0.2) is 0 Å². The van der Waals surface area contributed by atoms with Crippen LogP contribution >= 0.6 is 0 Å². The van der Waals surface area contributed by atoms with Crippen LogP contribution in [0.15, 0.2) is 103 Å². The number of rotatable bonds is 6. The summed E-state index contributed by atoms with van der Waals surface area (Å²) in [6.45, 7) is 1.49. The van der Waals surface area contributed by atoms with E-state index in [-0.39, 0.29) is 6.04 Å². The summed E-state index contributed by atoms with van der Waals surface area (Å²) in [4.78, 5) is 3.68. The first-order chi connectivity index (χ1) is 16.8. The van der Waals surface area contributed by atoms with Gasteiger partial charge in [0.1, 0.15) is 23.9 Å². The molecule has 0 saturated heterocycles. The molecule has 4 aromatic carbocycles. The maximum absolute atomic E-state index is 6.10. The van der Waals surface area contributed by atoms with Crippen molar-refractivity contribution >= 4 is 10.9 Å². The zero-order valence-corrected chi connectivity index (χ0v) is 18.8. The second kappa shape index (κ2) is 9.08. The minimum atomic E-state index is 0.0872. The molecule has 0 radical (unpaired) electrons. The Hall–Kier alpha value is -4.02. The molecular formula is C30H26N2O2. The van der Waals surface area contributed by atoms with Crippen LogP contribution in [0.2, 0.25) is 0 Å². The Labute approximate surface area is 199 Å². The van der Waals surface area contributed by atoms with Crippen LogP contribution < -0.4 is 14.8 Å². The Bertz CT molecular complexity index is 1410. The molecular weight excluding hydrogens is 420 g/mol. The van der Waals surface area contributed by atoms with Gasteiger partial charge in [0.05, 0.1) is 6.04 Å². The first kappa shape index (κ1) is 20.6. The van der Waals surface area contributed by atoms with Crippen LogP contribution in [0.5, 0.6) is 17.2 Å². The Kier molecular flexibility index (Phi) is 5.50. The molecule has 5 aromatic rings. The molecule has 0 aliphatic carbocycles. The summed E-state index contributed by atoms with van der Waals surface area (Å²) >= 11 is 0. The van der Waals surface area contributed by atoms with Gasteiger partial charge in [0.2, 0.25) is 0 Å². The monoisotopic (exact) mass is 446 g/mol. The first-order valence-electron chi connectivity index (χ1n) is 11.7. The van der Waals surface area contributed by atoms with Gasteiger partial charge in [-0.1, -0.05) is 60.7 Å². The van der Waals surface area contributed by atoms with Crippen LogP contribution in [-0.2, 0) is 13.0 Å². The lowest BCUT2D eigenvalue weighted by Crippen LogP contribution is -2.30. The number of ether oxygens (including phenoxy) is 2. The SMILES string of the molecule is c1ccc(COc2ccc3[nH]c4c(c3c2)CCNC4c2cccc(Oc3ccccc3)c2)cc1. The molecule has 0 amide bonds. The fourth-order valence-corrected chi connectivity index (χ4v) is 4.70. The largest absolute Gasteiger partial charge is 0.489 e. The number of hydrogen-bond acceptors (Lipinski definition) is 3. The van der Waals surface area contributed by atoms with Crippen molar-refractivity contribution in [3.05, 3.63) is 126 Å². The standard InChI is InChI=1S/C30H26N2O2/c1-3-8-21(9-4-1)20-33-24-14-15-28-27(19-24)26-16-17-31-29(30(26)32-28)22-10-7-13-25(18-22)34-23-11-5-2-6-12-23/h1-15,18-19,29,31-32H,16-17,20H2. The van der Waals surface area contributed by atoms with Crippen molar-refractivity contribution in [2.24, 2.45) is 0 Å². The molecule has 4 nitrogen and oxygen atoms in total. The van der Waals surface area contributed by atoms with E-state index in [0.29, 0.717) is 6.61 Å². The van der Waals surface area contributed by atoms with Gasteiger partial charge in [-0.3, -0.25) is 0 Å². The molecule has 1 aromatic heterocycles. The minimum Gasteiger partial charge on any atom is -0.489 e. The molecule has 1 unspecified atom stereocenters. The summed E-state index contributed by atoms with van der Waals surface area (Å²) in [6, 6.07) is 34.9. The van der Waals surface area contributed by atoms with E-state index < -0.39 is 0 Å². The third kappa shape index (κ3) is 4.16. The van der Waals surface area contributed by atoms with Crippen molar-refractivity contribution in [3.63, 3.8) is 0 Å². The second-order valence-electron chi connectivity index (χ2n) is 8.62. The van der Waals surface area contributed by atoms with Gasteiger partial charge in [0.25, 0.3) is 0 Å². The maximum Gasteiger partial charge on any atom is 0.127 e. The number of fused-ring (bicyclic) bond motifs is 3. The number of hydrogen-bond donors (Lipinski definition) is 2. The number of aromatic amines is 1. The van der Waals surface area contributed by atoms with Crippen molar-refractivity contribution in [3.8, 4) is 17.2 Å². The van der Waals surface area contributed by atoms with E-state index in [9.17, 15) is 0 Å². The molecule has 4 heteroatoms. The highest BCUT2D eigenvalue weighted by atomic mass is 16.5. The molecule has 0 spiro atoms. The predicted molar refractivity (Wildman–Crippen MR) is 136 cm³/mol. The van der Waals surface area contributed by atoms with Crippen LogP contribution in [-0.4, -0.2) is 11.5 Å². The molecule has 1 atom stereocenters. The van der Waals surface area contributed by atoms with Crippen LogP contribution in [0.3, 0.4) is 0 Å². The second-order valence-corrected chi connectivity index (χ2v) is 8.62. The summed E-state index contributed by atoms with van der Waals surface area (Å²) in [5.74, 6) is 2.57. The smallest absolute Gasteiger partial charge is 0.127 e. The number of aromatic nitrogens is 1. The topological polar surface area (TPSA) is 46.3 Å². The summed E-state index contributed by atoms with van der Waals surface area (Å²) in [6.07, 6.45) is 0.980. The highest BCUT2D eigenvalue weighted by Gasteiger charge is 2.25. The van der Waals surface area contributed by atoms with E-state index in [1.54, 1.807) is 0 Å². The van der Waals surface area contributed by atoms with Crippen molar-refractivity contribution < 1.29 is 9.47 Å². The molecule has 6 rings (SSSR count). The molecule has 0 fully saturated rings.